The Bertz CT molecular complexity index is 930. The predicted molar refractivity (Wildman–Crippen MR) is 107 cm³/mol. The van der Waals surface area contributed by atoms with Gasteiger partial charge in [-0.2, -0.15) is 0 Å². The lowest BCUT2D eigenvalue weighted by molar-refractivity contribution is 0.0977. The van der Waals surface area contributed by atoms with Gasteiger partial charge < -0.3 is 10.1 Å². The molecule has 3 aromatic rings. The third-order valence-corrected chi connectivity index (χ3v) is 3.88. The van der Waals surface area contributed by atoms with Gasteiger partial charge in [0.2, 0.25) is 0 Å². The number of thiocarbonyl (C=S) groups is 1. The summed E-state index contributed by atoms with van der Waals surface area (Å²) in [6, 6.07) is 22.3. The normalized spacial score (nSPS) is 10.1. The second-order valence-electron chi connectivity index (χ2n) is 5.72. The van der Waals surface area contributed by atoms with Crippen molar-refractivity contribution in [1.82, 2.24) is 5.32 Å². The third kappa shape index (κ3) is 5.62. The number of anilines is 1. The van der Waals surface area contributed by atoms with E-state index in [1.54, 1.807) is 6.07 Å². The van der Waals surface area contributed by atoms with Crippen molar-refractivity contribution in [1.29, 1.82) is 0 Å². The maximum atomic E-state index is 12.9. The van der Waals surface area contributed by atoms with E-state index in [1.807, 2.05) is 48.5 Å². The Morgan fingerprint density at radius 1 is 0.963 bits per heavy atom. The zero-order valence-corrected chi connectivity index (χ0v) is 15.1. The van der Waals surface area contributed by atoms with Crippen LogP contribution in [0.2, 0.25) is 0 Å². The number of amides is 1. The van der Waals surface area contributed by atoms with Gasteiger partial charge in [-0.1, -0.05) is 36.4 Å². The molecule has 0 spiro atoms. The molecular formula is C21H17FN2O2S. The van der Waals surface area contributed by atoms with Gasteiger partial charge >= 0.3 is 0 Å². The van der Waals surface area contributed by atoms with E-state index in [1.165, 1.54) is 24.3 Å². The summed E-state index contributed by atoms with van der Waals surface area (Å²) >= 11 is 5.16. The average molecular weight is 380 g/mol. The molecule has 0 aromatic heterocycles. The number of hydrogen-bond donors (Lipinski definition) is 2. The maximum Gasteiger partial charge on any atom is 0.257 e. The van der Waals surface area contributed by atoms with E-state index in [2.05, 4.69) is 10.6 Å². The Hall–Kier alpha value is -3.25. The lowest BCUT2D eigenvalue weighted by Crippen LogP contribution is -2.34. The summed E-state index contributed by atoms with van der Waals surface area (Å²) in [7, 11) is 0. The van der Waals surface area contributed by atoms with Crippen molar-refractivity contribution < 1.29 is 13.9 Å². The molecule has 0 saturated heterocycles. The lowest BCUT2D eigenvalue weighted by Gasteiger charge is -2.11. The van der Waals surface area contributed by atoms with Crippen LogP contribution in [0.5, 0.6) is 5.75 Å². The zero-order valence-electron chi connectivity index (χ0n) is 14.3. The smallest absolute Gasteiger partial charge is 0.257 e. The highest BCUT2D eigenvalue weighted by molar-refractivity contribution is 7.80. The molecule has 0 aliphatic heterocycles. The van der Waals surface area contributed by atoms with Crippen molar-refractivity contribution in [2.75, 3.05) is 5.32 Å². The standard InChI is InChI=1S/C21H17FN2O2S/c22-17-11-9-16(10-12-17)20(25)24-21(27)23-18-7-4-8-19(13-18)26-14-15-5-2-1-3-6-15/h1-13H,14H2,(H2,23,24,25,27). The molecule has 0 aliphatic carbocycles. The molecule has 4 nitrogen and oxygen atoms in total. The molecule has 3 rings (SSSR count). The highest BCUT2D eigenvalue weighted by atomic mass is 32.1. The molecule has 0 fully saturated rings. The van der Waals surface area contributed by atoms with Crippen molar-refractivity contribution >= 4 is 28.9 Å². The number of carbonyl (C=O) groups excluding carboxylic acids is 1. The van der Waals surface area contributed by atoms with Gasteiger partial charge in [-0.25, -0.2) is 4.39 Å². The first-order chi connectivity index (χ1) is 13.1. The Morgan fingerprint density at radius 2 is 1.70 bits per heavy atom. The Balaban J connectivity index is 1.56. The van der Waals surface area contributed by atoms with E-state index in [-0.39, 0.29) is 5.11 Å². The summed E-state index contributed by atoms with van der Waals surface area (Å²) in [5.41, 5.74) is 2.07. The molecule has 27 heavy (non-hydrogen) atoms. The van der Waals surface area contributed by atoms with Crippen LogP contribution in [0.4, 0.5) is 10.1 Å². The highest BCUT2D eigenvalue weighted by Gasteiger charge is 2.08. The van der Waals surface area contributed by atoms with Crippen LogP contribution in [-0.2, 0) is 6.61 Å². The molecule has 6 heteroatoms. The van der Waals surface area contributed by atoms with Gasteiger partial charge in [-0.15, -0.1) is 0 Å². The van der Waals surface area contributed by atoms with Gasteiger partial charge in [0.05, 0.1) is 0 Å². The second kappa shape index (κ2) is 8.91. The number of rotatable bonds is 5. The van der Waals surface area contributed by atoms with Crippen LogP contribution >= 0.6 is 12.2 Å². The topological polar surface area (TPSA) is 50.4 Å². The number of benzene rings is 3. The lowest BCUT2D eigenvalue weighted by atomic mass is 10.2. The van der Waals surface area contributed by atoms with E-state index >= 15 is 0 Å². The monoisotopic (exact) mass is 380 g/mol. The Labute approximate surface area is 162 Å². The number of hydrogen-bond acceptors (Lipinski definition) is 3. The minimum absolute atomic E-state index is 0.143. The van der Waals surface area contributed by atoms with Gasteiger partial charge in [0, 0.05) is 17.3 Å². The fraction of sp³-hybridized carbons (Fsp3) is 0.0476. The van der Waals surface area contributed by atoms with E-state index in [0.717, 1.165) is 5.56 Å². The predicted octanol–water partition coefficient (Wildman–Crippen LogP) is 4.53. The maximum absolute atomic E-state index is 12.9. The van der Waals surface area contributed by atoms with Crippen LogP contribution in [0.25, 0.3) is 0 Å². The van der Waals surface area contributed by atoms with Gasteiger partial charge in [0.25, 0.3) is 5.91 Å². The summed E-state index contributed by atoms with van der Waals surface area (Å²) in [5, 5.41) is 5.64. The first-order valence-corrected chi connectivity index (χ1v) is 8.66. The van der Waals surface area contributed by atoms with Crippen LogP contribution in [0, 0.1) is 5.82 Å². The molecule has 0 saturated carbocycles. The van der Waals surface area contributed by atoms with Crippen LogP contribution in [-0.4, -0.2) is 11.0 Å². The van der Waals surface area contributed by atoms with Gasteiger partial charge in [-0.05, 0) is 54.2 Å². The first kappa shape index (κ1) is 18.5. The molecule has 0 heterocycles. The summed E-state index contributed by atoms with van der Waals surface area (Å²) < 4.78 is 18.7. The summed E-state index contributed by atoms with van der Waals surface area (Å²) in [6.45, 7) is 0.454. The highest BCUT2D eigenvalue weighted by Crippen LogP contribution is 2.18. The van der Waals surface area contributed by atoms with E-state index < -0.39 is 11.7 Å². The second-order valence-corrected chi connectivity index (χ2v) is 6.13. The SMILES string of the molecule is O=C(NC(=S)Nc1cccc(OCc2ccccc2)c1)c1ccc(F)cc1. The van der Waals surface area contributed by atoms with Gasteiger partial charge in [0.1, 0.15) is 18.2 Å². The van der Waals surface area contributed by atoms with Gasteiger partial charge in [0.15, 0.2) is 5.11 Å². The van der Waals surface area contributed by atoms with Crippen LogP contribution in [0.1, 0.15) is 15.9 Å². The fourth-order valence-corrected chi connectivity index (χ4v) is 2.55. The zero-order chi connectivity index (χ0) is 19.1. The first-order valence-electron chi connectivity index (χ1n) is 8.25. The molecule has 3 aromatic carbocycles. The van der Waals surface area contributed by atoms with Crippen LogP contribution < -0.4 is 15.4 Å². The Morgan fingerprint density at radius 3 is 2.44 bits per heavy atom. The van der Waals surface area contributed by atoms with Gasteiger partial charge in [-0.3, -0.25) is 10.1 Å². The molecule has 2 N–H and O–H groups in total. The van der Waals surface area contributed by atoms with Crippen molar-refractivity contribution in [3.63, 3.8) is 0 Å². The van der Waals surface area contributed by atoms with Crippen LogP contribution in [0.3, 0.4) is 0 Å². The fourth-order valence-electron chi connectivity index (χ4n) is 2.34. The number of halogens is 1. The van der Waals surface area contributed by atoms with Crippen LogP contribution in [0.15, 0.2) is 78.9 Å². The van der Waals surface area contributed by atoms with Crippen molar-refractivity contribution in [2.45, 2.75) is 6.61 Å². The quantitative estimate of drug-likeness (QED) is 0.639. The number of carbonyl (C=O) groups is 1. The summed E-state index contributed by atoms with van der Waals surface area (Å²) in [5.74, 6) is -0.139. The molecule has 136 valence electrons. The molecule has 0 unspecified atom stereocenters. The minimum atomic E-state index is -0.413. The molecule has 1 amide bonds. The minimum Gasteiger partial charge on any atom is -0.489 e. The summed E-state index contributed by atoms with van der Waals surface area (Å²) in [6.07, 6.45) is 0. The molecular weight excluding hydrogens is 363 g/mol. The number of nitrogens with one attached hydrogen (secondary N) is 2. The van der Waals surface area contributed by atoms with E-state index in [0.29, 0.717) is 23.6 Å². The number of ether oxygens (including phenoxy) is 1. The van der Waals surface area contributed by atoms with Crippen molar-refractivity contribution in [2.24, 2.45) is 0 Å². The average Bonchev–Trinajstić information content (AvgIpc) is 2.68. The largest absolute Gasteiger partial charge is 0.489 e. The van der Waals surface area contributed by atoms with Crippen molar-refractivity contribution in [3.8, 4) is 5.75 Å². The molecule has 0 bridgehead atoms. The molecule has 0 radical (unpaired) electrons. The molecule has 0 aliphatic rings. The molecule has 0 atom stereocenters. The summed E-state index contributed by atoms with van der Waals surface area (Å²) in [4.78, 5) is 12.1. The van der Waals surface area contributed by atoms with Crippen molar-refractivity contribution in [3.05, 3.63) is 95.8 Å². The van der Waals surface area contributed by atoms with E-state index in [9.17, 15) is 9.18 Å². The third-order valence-electron chi connectivity index (χ3n) is 3.67. The van der Waals surface area contributed by atoms with E-state index in [4.69, 9.17) is 17.0 Å². The Kier molecular flexibility index (Phi) is 6.12.